The van der Waals surface area contributed by atoms with Crippen molar-refractivity contribution in [3.05, 3.63) is 45.3 Å². The second-order valence-corrected chi connectivity index (χ2v) is 9.80. The zero-order valence-corrected chi connectivity index (χ0v) is 19.9. The fourth-order valence-corrected chi connectivity index (χ4v) is 5.77. The van der Waals surface area contributed by atoms with Gasteiger partial charge in [-0.2, -0.15) is 0 Å². The van der Waals surface area contributed by atoms with Crippen molar-refractivity contribution in [2.75, 3.05) is 25.6 Å². The van der Waals surface area contributed by atoms with Crippen LogP contribution in [0.25, 0.3) is 0 Å². The van der Waals surface area contributed by atoms with Gasteiger partial charge in [0.25, 0.3) is 5.91 Å². The molecule has 0 bridgehead atoms. The molecular formula is C24H32N4O4S. The number of aryl methyl sites for hydroxylation is 2. The predicted octanol–water partition coefficient (Wildman–Crippen LogP) is 2.95. The van der Waals surface area contributed by atoms with Crippen LogP contribution in [0.2, 0.25) is 0 Å². The maximum atomic E-state index is 13.1. The van der Waals surface area contributed by atoms with E-state index in [2.05, 4.69) is 21.5 Å². The summed E-state index contributed by atoms with van der Waals surface area (Å²) in [6, 6.07) is 4.79. The first kappa shape index (κ1) is 23.7. The lowest BCUT2D eigenvalue weighted by molar-refractivity contribution is -0.117. The summed E-state index contributed by atoms with van der Waals surface area (Å²) in [5.41, 5.74) is 9.67. The second kappa shape index (κ2) is 10.6. The number of rotatable bonds is 8. The highest BCUT2D eigenvalue weighted by Crippen LogP contribution is 2.38. The summed E-state index contributed by atoms with van der Waals surface area (Å²) < 4.78 is 5.06. The fourth-order valence-electron chi connectivity index (χ4n) is 4.49. The molecule has 2 atom stereocenters. The Morgan fingerprint density at radius 3 is 2.88 bits per heavy atom. The Morgan fingerprint density at radius 2 is 2.06 bits per heavy atom. The largest absolute Gasteiger partial charge is 0.508 e. The Bertz CT molecular complexity index is 1020. The number of hydrogen-bond donors (Lipinski definition) is 5. The van der Waals surface area contributed by atoms with E-state index in [1.165, 1.54) is 16.2 Å². The van der Waals surface area contributed by atoms with Gasteiger partial charge in [0, 0.05) is 30.7 Å². The second-order valence-electron chi connectivity index (χ2n) is 8.70. The zero-order valence-electron chi connectivity index (χ0n) is 19.1. The highest BCUT2D eigenvalue weighted by Gasteiger charge is 2.33. The molecule has 2 amide bonds. The Kier molecular flexibility index (Phi) is 7.64. The number of anilines is 1. The first-order valence-electron chi connectivity index (χ1n) is 11.5. The number of ether oxygens (including phenoxy) is 1. The van der Waals surface area contributed by atoms with Crippen molar-refractivity contribution in [1.29, 1.82) is 0 Å². The number of carbonyl (C=O) groups excluding carboxylic acids is 2. The van der Waals surface area contributed by atoms with Gasteiger partial charge in [0.05, 0.1) is 11.6 Å². The summed E-state index contributed by atoms with van der Waals surface area (Å²) in [6.07, 6.45) is 5.19. The van der Waals surface area contributed by atoms with Gasteiger partial charge in [-0.1, -0.05) is 17.7 Å². The molecule has 2 unspecified atom stereocenters. The van der Waals surface area contributed by atoms with Crippen LogP contribution in [0.5, 0.6) is 5.75 Å². The highest BCUT2D eigenvalue weighted by molar-refractivity contribution is 7.17. The molecule has 4 rings (SSSR count). The van der Waals surface area contributed by atoms with Gasteiger partial charge in [0.1, 0.15) is 16.8 Å². The number of fused-ring (bicyclic) bond motifs is 1. The monoisotopic (exact) mass is 472 g/mol. The summed E-state index contributed by atoms with van der Waals surface area (Å²) in [4.78, 5) is 27.3. The molecule has 0 spiro atoms. The molecule has 1 aliphatic heterocycles. The van der Waals surface area contributed by atoms with Gasteiger partial charge in [-0.15, -0.1) is 11.3 Å². The van der Waals surface area contributed by atoms with Crippen LogP contribution in [0.1, 0.15) is 63.7 Å². The number of carbonyl (C=O) groups is 2. The van der Waals surface area contributed by atoms with Crippen LogP contribution in [-0.2, 0) is 22.4 Å². The SMILES string of the molecule is COCCCNC(=O)c1c(NC(=O)C2CC(c3cc(C)ccc3O)NN2)sc2c1CCCC2. The molecule has 1 aromatic heterocycles. The molecule has 33 heavy (non-hydrogen) atoms. The van der Waals surface area contributed by atoms with Crippen molar-refractivity contribution in [2.24, 2.45) is 0 Å². The smallest absolute Gasteiger partial charge is 0.254 e. The predicted molar refractivity (Wildman–Crippen MR) is 129 cm³/mol. The summed E-state index contributed by atoms with van der Waals surface area (Å²) in [5.74, 6) is -0.121. The van der Waals surface area contributed by atoms with Crippen molar-refractivity contribution in [3.63, 3.8) is 0 Å². The quantitative estimate of drug-likeness (QED) is 0.378. The lowest BCUT2D eigenvalue weighted by Crippen LogP contribution is -2.39. The average Bonchev–Trinajstić information content (AvgIpc) is 3.43. The fraction of sp³-hybridized carbons (Fsp3) is 0.500. The van der Waals surface area contributed by atoms with Gasteiger partial charge in [-0.05, 0) is 57.1 Å². The number of thiophene rings is 1. The van der Waals surface area contributed by atoms with Crippen molar-refractivity contribution >= 4 is 28.2 Å². The minimum atomic E-state index is -0.480. The van der Waals surface area contributed by atoms with Gasteiger partial charge < -0.3 is 20.5 Å². The molecule has 9 heteroatoms. The molecule has 1 aromatic carbocycles. The average molecular weight is 473 g/mol. The van der Waals surface area contributed by atoms with Crippen LogP contribution in [0.4, 0.5) is 5.00 Å². The van der Waals surface area contributed by atoms with Crippen LogP contribution >= 0.6 is 11.3 Å². The summed E-state index contributed by atoms with van der Waals surface area (Å²) in [7, 11) is 1.64. The Hall–Kier alpha value is -2.46. The number of aromatic hydroxyl groups is 1. The van der Waals surface area contributed by atoms with E-state index in [4.69, 9.17) is 4.74 Å². The Labute approximate surface area is 198 Å². The van der Waals surface area contributed by atoms with Crippen LogP contribution in [0, 0.1) is 6.92 Å². The van der Waals surface area contributed by atoms with E-state index < -0.39 is 6.04 Å². The number of phenolic OH excluding ortho intramolecular Hbond substituents is 1. The maximum absolute atomic E-state index is 13.1. The summed E-state index contributed by atoms with van der Waals surface area (Å²) in [6.45, 7) is 3.08. The Balaban J connectivity index is 1.47. The molecule has 1 aliphatic carbocycles. The number of hydrazine groups is 1. The van der Waals surface area contributed by atoms with Gasteiger partial charge in [0.15, 0.2) is 0 Å². The van der Waals surface area contributed by atoms with E-state index in [1.807, 2.05) is 19.1 Å². The van der Waals surface area contributed by atoms with Gasteiger partial charge >= 0.3 is 0 Å². The molecule has 2 aromatic rings. The van der Waals surface area contributed by atoms with E-state index in [1.54, 1.807) is 13.2 Å². The van der Waals surface area contributed by atoms with E-state index in [9.17, 15) is 14.7 Å². The van der Waals surface area contributed by atoms with E-state index in [-0.39, 0.29) is 23.6 Å². The standard InChI is InChI=1S/C24H32N4O4S/c1-14-8-9-19(29)16(12-14)17-13-18(28-27-17)22(30)26-24-21(23(31)25-10-5-11-32-2)15-6-3-4-7-20(15)33-24/h8-9,12,17-18,27-29H,3-7,10-11,13H2,1-2H3,(H,25,31)(H,26,30). The third kappa shape index (κ3) is 5.38. The lowest BCUT2D eigenvalue weighted by Gasteiger charge is -2.14. The van der Waals surface area contributed by atoms with Gasteiger partial charge in [0.2, 0.25) is 5.91 Å². The van der Waals surface area contributed by atoms with Crippen molar-refractivity contribution in [2.45, 2.75) is 57.5 Å². The van der Waals surface area contributed by atoms with E-state index in [0.717, 1.165) is 48.8 Å². The third-order valence-electron chi connectivity index (χ3n) is 6.22. The normalized spacial score (nSPS) is 19.8. The Morgan fingerprint density at radius 1 is 1.24 bits per heavy atom. The molecule has 2 aliphatic rings. The summed E-state index contributed by atoms with van der Waals surface area (Å²) in [5, 5.41) is 16.8. The molecule has 0 radical (unpaired) electrons. The van der Waals surface area contributed by atoms with Gasteiger partial charge in [-0.3, -0.25) is 9.59 Å². The molecule has 178 valence electrons. The number of nitrogens with one attached hydrogen (secondary N) is 4. The minimum absolute atomic E-state index is 0.138. The molecular weight excluding hydrogens is 440 g/mol. The van der Waals surface area contributed by atoms with Gasteiger partial charge in [-0.25, -0.2) is 10.9 Å². The first-order chi connectivity index (χ1) is 16.0. The zero-order chi connectivity index (χ0) is 23.4. The first-order valence-corrected chi connectivity index (χ1v) is 12.3. The molecule has 8 nitrogen and oxygen atoms in total. The number of amides is 2. The molecule has 1 saturated heterocycles. The number of methoxy groups -OCH3 is 1. The molecule has 2 heterocycles. The number of benzene rings is 1. The minimum Gasteiger partial charge on any atom is -0.508 e. The topological polar surface area (TPSA) is 112 Å². The van der Waals surface area contributed by atoms with Crippen LogP contribution in [0.15, 0.2) is 18.2 Å². The van der Waals surface area contributed by atoms with Crippen LogP contribution < -0.4 is 21.5 Å². The lowest BCUT2D eigenvalue weighted by atomic mass is 9.95. The van der Waals surface area contributed by atoms with Crippen LogP contribution in [-0.4, -0.2) is 43.2 Å². The number of phenols is 1. The highest BCUT2D eigenvalue weighted by atomic mass is 32.1. The third-order valence-corrected chi connectivity index (χ3v) is 7.43. The number of hydrogen-bond acceptors (Lipinski definition) is 7. The van der Waals surface area contributed by atoms with Crippen molar-refractivity contribution < 1.29 is 19.4 Å². The maximum Gasteiger partial charge on any atom is 0.254 e. The molecule has 1 fully saturated rings. The molecule has 5 N–H and O–H groups in total. The van der Waals surface area contributed by atoms with E-state index >= 15 is 0 Å². The van der Waals surface area contributed by atoms with Crippen molar-refractivity contribution in [3.8, 4) is 5.75 Å². The molecule has 0 saturated carbocycles. The van der Waals surface area contributed by atoms with Crippen molar-refractivity contribution in [1.82, 2.24) is 16.2 Å². The van der Waals surface area contributed by atoms with Crippen LogP contribution in [0.3, 0.4) is 0 Å². The summed E-state index contributed by atoms with van der Waals surface area (Å²) >= 11 is 1.52. The van der Waals surface area contributed by atoms with E-state index in [0.29, 0.717) is 30.1 Å².